The zero-order valence-electron chi connectivity index (χ0n) is 13.6. The molecular weight excluding hydrogens is 284 g/mol. The van der Waals surface area contributed by atoms with Crippen LogP contribution < -0.4 is 10.6 Å². The van der Waals surface area contributed by atoms with Crippen molar-refractivity contribution in [2.24, 2.45) is 0 Å². The molecule has 0 aliphatic heterocycles. The molecule has 3 nitrogen and oxygen atoms in total. The van der Waals surface area contributed by atoms with Gasteiger partial charge in [0.1, 0.15) is 0 Å². The molecule has 2 N–H and O–H groups in total. The Kier molecular flexibility index (Phi) is 7.92. The number of amides is 1. The van der Waals surface area contributed by atoms with Gasteiger partial charge in [-0.3, -0.25) is 4.79 Å². The van der Waals surface area contributed by atoms with E-state index in [2.05, 4.69) is 47.0 Å². The van der Waals surface area contributed by atoms with Crippen molar-refractivity contribution in [1.82, 2.24) is 10.6 Å². The SMILES string of the molecule is O=C(CNCCCc1ccccc1)NCCCc1ccccc1. The van der Waals surface area contributed by atoms with Gasteiger partial charge in [0.05, 0.1) is 6.54 Å². The highest BCUT2D eigenvalue weighted by Gasteiger charge is 2.00. The molecule has 122 valence electrons. The van der Waals surface area contributed by atoms with Crippen molar-refractivity contribution in [3.8, 4) is 0 Å². The molecule has 0 aliphatic carbocycles. The van der Waals surface area contributed by atoms with Crippen molar-refractivity contribution in [3.63, 3.8) is 0 Å². The lowest BCUT2D eigenvalue weighted by atomic mass is 10.1. The molecule has 2 rings (SSSR count). The average Bonchev–Trinajstić information content (AvgIpc) is 2.60. The van der Waals surface area contributed by atoms with Crippen LogP contribution in [-0.4, -0.2) is 25.5 Å². The molecule has 0 aromatic heterocycles. The minimum absolute atomic E-state index is 0.0813. The van der Waals surface area contributed by atoms with Crippen LogP contribution >= 0.6 is 0 Å². The first-order valence-corrected chi connectivity index (χ1v) is 8.40. The Morgan fingerprint density at radius 1 is 0.739 bits per heavy atom. The van der Waals surface area contributed by atoms with Gasteiger partial charge in [0, 0.05) is 6.54 Å². The fourth-order valence-electron chi connectivity index (χ4n) is 2.49. The van der Waals surface area contributed by atoms with Crippen LogP contribution in [0.2, 0.25) is 0 Å². The maximum absolute atomic E-state index is 11.7. The van der Waals surface area contributed by atoms with E-state index in [-0.39, 0.29) is 5.91 Å². The summed E-state index contributed by atoms with van der Waals surface area (Å²) >= 11 is 0. The van der Waals surface area contributed by atoms with Gasteiger partial charge in [0.15, 0.2) is 0 Å². The van der Waals surface area contributed by atoms with Crippen LogP contribution in [0.15, 0.2) is 60.7 Å². The van der Waals surface area contributed by atoms with E-state index in [1.54, 1.807) is 0 Å². The summed E-state index contributed by atoms with van der Waals surface area (Å²) in [6.07, 6.45) is 4.08. The van der Waals surface area contributed by atoms with Gasteiger partial charge < -0.3 is 10.6 Å². The fraction of sp³-hybridized carbons (Fsp3) is 0.350. The van der Waals surface area contributed by atoms with Gasteiger partial charge in [-0.15, -0.1) is 0 Å². The third kappa shape index (κ3) is 7.61. The van der Waals surface area contributed by atoms with Crippen molar-refractivity contribution < 1.29 is 4.79 Å². The summed E-state index contributed by atoms with van der Waals surface area (Å²) in [5.41, 5.74) is 2.67. The molecule has 0 atom stereocenters. The van der Waals surface area contributed by atoms with Crippen LogP contribution in [0.25, 0.3) is 0 Å². The number of hydrogen-bond acceptors (Lipinski definition) is 2. The molecule has 2 aromatic carbocycles. The van der Waals surface area contributed by atoms with Crippen molar-refractivity contribution in [3.05, 3.63) is 71.8 Å². The third-order valence-corrected chi connectivity index (χ3v) is 3.75. The molecule has 0 fully saturated rings. The first kappa shape index (κ1) is 17.2. The number of carbonyl (C=O) groups is 1. The number of aryl methyl sites for hydroxylation is 2. The molecule has 0 heterocycles. The molecule has 2 aromatic rings. The van der Waals surface area contributed by atoms with E-state index in [4.69, 9.17) is 0 Å². The largest absolute Gasteiger partial charge is 0.355 e. The Morgan fingerprint density at radius 2 is 1.26 bits per heavy atom. The zero-order valence-corrected chi connectivity index (χ0v) is 13.6. The van der Waals surface area contributed by atoms with Crippen LogP contribution in [0.1, 0.15) is 24.0 Å². The van der Waals surface area contributed by atoms with E-state index < -0.39 is 0 Å². The topological polar surface area (TPSA) is 41.1 Å². The Morgan fingerprint density at radius 3 is 1.83 bits per heavy atom. The van der Waals surface area contributed by atoms with E-state index in [1.807, 2.05) is 24.3 Å². The molecule has 0 saturated heterocycles. The van der Waals surface area contributed by atoms with Crippen LogP contribution in [0, 0.1) is 0 Å². The van der Waals surface area contributed by atoms with Crippen molar-refractivity contribution in [2.75, 3.05) is 19.6 Å². The molecule has 0 bridgehead atoms. The summed E-state index contributed by atoms with van der Waals surface area (Å²) in [6.45, 7) is 2.01. The number of nitrogens with one attached hydrogen (secondary N) is 2. The quantitative estimate of drug-likeness (QED) is 0.663. The lowest BCUT2D eigenvalue weighted by Crippen LogP contribution is -2.35. The van der Waals surface area contributed by atoms with Gasteiger partial charge in [-0.25, -0.2) is 0 Å². The van der Waals surface area contributed by atoms with Crippen LogP contribution in [0.5, 0.6) is 0 Å². The fourth-order valence-corrected chi connectivity index (χ4v) is 2.49. The standard InChI is InChI=1S/C20H26N2O/c23-20(22-16-8-14-19-11-5-2-6-12-19)17-21-15-7-13-18-9-3-1-4-10-18/h1-6,9-12,21H,7-8,13-17H2,(H,22,23). The third-order valence-electron chi connectivity index (χ3n) is 3.75. The Hall–Kier alpha value is -2.13. The summed E-state index contributed by atoms with van der Waals surface area (Å²) in [7, 11) is 0. The minimum Gasteiger partial charge on any atom is -0.355 e. The molecular formula is C20H26N2O. The Bertz CT molecular complexity index is 554. The van der Waals surface area contributed by atoms with Crippen LogP contribution in [0.4, 0.5) is 0 Å². The summed E-state index contributed by atoms with van der Waals surface area (Å²) in [5, 5.41) is 6.16. The molecule has 0 unspecified atom stereocenters. The Balaban J connectivity index is 1.45. The smallest absolute Gasteiger partial charge is 0.233 e. The molecule has 1 amide bonds. The highest BCUT2D eigenvalue weighted by molar-refractivity contribution is 5.77. The van der Waals surface area contributed by atoms with E-state index in [1.165, 1.54) is 11.1 Å². The van der Waals surface area contributed by atoms with Gasteiger partial charge in [0.2, 0.25) is 5.91 Å². The predicted molar refractivity (Wildman–Crippen MR) is 95.4 cm³/mol. The second-order valence-corrected chi connectivity index (χ2v) is 5.71. The Labute approximate surface area is 139 Å². The first-order chi connectivity index (χ1) is 11.3. The molecule has 0 spiro atoms. The summed E-state index contributed by atoms with van der Waals surface area (Å²) in [4.78, 5) is 11.7. The minimum atomic E-state index is 0.0813. The van der Waals surface area contributed by atoms with Gasteiger partial charge in [0.25, 0.3) is 0 Å². The summed E-state index contributed by atoms with van der Waals surface area (Å²) in [6, 6.07) is 20.8. The van der Waals surface area contributed by atoms with Crippen molar-refractivity contribution in [1.29, 1.82) is 0 Å². The number of benzene rings is 2. The average molecular weight is 310 g/mol. The maximum Gasteiger partial charge on any atom is 0.233 e. The number of carbonyl (C=O) groups excluding carboxylic acids is 1. The van der Waals surface area contributed by atoms with Crippen molar-refractivity contribution >= 4 is 5.91 Å². The molecule has 0 saturated carbocycles. The lowest BCUT2D eigenvalue weighted by molar-refractivity contribution is -0.120. The number of hydrogen-bond donors (Lipinski definition) is 2. The summed E-state index contributed by atoms with van der Waals surface area (Å²) in [5.74, 6) is 0.0813. The maximum atomic E-state index is 11.7. The first-order valence-electron chi connectivity index (χ1n) is 8.40. The van der Waals surface area contributed by atoms with E-state index in [9.17, 15) is 4.79 Å². The summed E-state index contributed by atoms with van der Waals surface area (Å²) < 4.78 is 0. The monoisotopic (exact) mass is 310 g/mol. The molecule has 3 heteroatoms. The van der Waals surface area contributed by atoms with E-state index >= 15 is 0 Å². The molecule has 0 aliphatic rings. The van der Waals surface area contributed by atoms with Gasteiger partial charge >= 0.3 is 0 Å². The van der Waals surface area contributed by atoms with E-state index in [0.717, 1.165) is 38.8 Å². The van der Waals surface area contributed by atoms with Crippen LogP contribution in [0.3, 0.4) is 0 Å². The normalized spacial score (nSPS) is 10.4. The number of rotatable bonds is 10. The van der Waals surface area contributed by atoms with Gasteiger partial charge in [-0.2, -0.15) is 0 Å². The van der Waals surface area contributed by atoms with Crippen molar-refractivity contribution in [2.45, 2.75) is 25.7 Å². The van der Waals surface area contributed by atoms with Gasteiger partial charge in [-0.1, -0.05) is 60.7 Å². The lowest BCUT2D eigenvalue weighted by Gasteiger charge is -2.07. The molecule has 0 radical (unpaired) electrons. The zero-order chi connectivity index (χ0) is 16.2. The highest BCUT2D eigenvalue weighted by atomic mass is 16.1. The van der Waals surface area contributed by atoms with Crippen LogP contribution in [-0.2, 0) is 17.6 Å². The second-order valence-electron chi connectivity index (χ2n) is 5.71. The second kappa shape index (κ2) is 10.6. The molecule has 23 heavy (non-hydrogen) atoms. The van der Waals surface area contributed by atoms with E-state index in [0.29, 0.717) is 6.54 Å². The highest BCUT2D eigenvalue weighted by Crippen LogP contribution is 2.02. The predicted octanol–water partition coefficient (Wildman–Crippen LogP) is 2.96. The van der Waals surface area contributed by atoms with Gasteiger partial charge in [-0.05, 0) is 43.4 Å².